The maximum absolute atomic E-state index is 14.2. The quantitative estimate of drug-likeness (QED) is 0.121. The Labute approximate surface area is 421 Å². The maximum atomic E-state index is 14.2. The topological polar surface area (TPSA) is 192 Å². The number of aromatic hydroxyl groups is 1. The molecule has 6 aliphatic rings. The number of aliphatic hydroxyl groups is 1. The number of phenols is 1. The lowest BCUT2D eigenvalue weighted by molar-refractivity contribution is -0.145. The van der Waals surface area contributed by atoms with Crippen molar-refractivity contribution in [2.45, 2.75) is 121 Å². The first-order valence-electron chi connectivity index (χ1n) is 25.4. The molecule has 374 valence electrons. The van der Waals surface area contributed by atoms with E-state index in [1.54, 1.807) is 18.2 Å². The number of para-hydroxylation sites is 1. The number of phenolic OH excluding ortho intramolecular Hbond substituents is 1. The number of carbonyl (C=O) groups excluding carboxylic acids is 3. The Bertz CT molecular complexity index is 2650. The number of benzene rings is 2. The van der Waals surface area contributed by atoms with Crippen LogP contribution in [-0.4, -0.2) is 134 Å². The van der Waals surface area contributed by atoms with Gasteiger partial charge in [0.25, 0.3) is 0 Å². The summed E-state index contributed by atoms with van der Waals surface area (Å²) < 4.78 is 0. The zero-order valence-electron chi connectivity index (χ0n) is 41.0. The van der Waals surface area contributed by atoms with E-state index < -0.39 is 23.6 Å². The van der Waals surface area contributed by atoms with Crippen LogP contribution >= 0.6 is 11.6 Å². The van der Waals surface area contributed by atoms with Crippen molar-refractivity contribution in [3.8, 4) is 29.4 Å². The summed E-state index contributed by atoms with van der Waals surface area (Å²) in [5, 5.41) is 39.8. The van der Waals surface area contributed by atoms with Gasteiger partial charge in [0.1, 0.15) is 17.8 Å². The number of terminal acetylenes is 1. The van der Waals surface area contributed by atoms with Crippen LogP contribution in [0.4, 0.5) is 17.5 Å². The van der Waals surface area contributed by atoms with Gasteiger partial charge in [-0.2, -0.15) is 0 Å². The minimum absolute atomic E-state index is 0.00158. The normalized spacial score (nSPS) is 26.1. The summed E-state index contributed by atoms with van der Waals surface area (Å²) in [7, 11) is 0. The van der Waals surface area contributed by atoms with E-state index in [1.807, 2.05) is 63.5 Å². The van der Waals surface area contributed by atoms with Crippen LogP contribution in [0.15, 0.2) is 60.9 Å². The molecule has 2 saturated carbocycles. The summed E-state index contributed by atoms with van der Waals surface area (Å²) in [5.41, 5.74) is 4.57. The number of halogens is 1. The Morgan fingerprint density at radius 1 is 0.944 bits per heavy atom. The molecule has 0 unspecified atom stereocenters. The Morgan fingerprint density at radius 3 is 2.38 bits per heavy atom. The molecule has 1 spiro atoms. The highest BCUT2D eigenvalue weighted by Crippen LogP contribution is 2.55. The molecule has 4 atom stereocenters. The molecule has 3 saturated heterocycles. The number of aromatic nitrogens is 4. The number of carbonyl (C=O) groups is 3. The van der Waals surface area contributed by atoms with Crippen molar-refractivity contribution >= 4 is 46.8 Å². The first-order chi connectivity index (χ1) is 34.1. The third-order valence-corrected chi connectivity index (χ3v) is 16.7. The predicted molar refractivity (Wildman–Crippen MR) is 273 cm³/mol. The molecule has 6 heterocycles. The Hall–Kier alpha value is -6.02. The molecule has 2 aliphatic carbocycles. The predicted octanol–water partition coefficient (Wildman–Crippen LogP) is 5.72. The summed E-state index contributed by atoms with van der Waals surface area (Å²) in [6.07, 6.45) is 17.0. The van der Waals surface area contributed by atoms with Crippen LogP contribution in [0.1, 0.15) is 101 Å². The fraction of sp³-hybridized carbons (Fsp3) is 0.537. The van der Waals surface area contributed by atoms with Crippen molar-refractivity contribution in [3.05, 3.63) is 82.6 Å². The molecule has 5 fully saturated rings. The first kappa shape index (κ1) is 48.6. The molecule has 5 N–H and O–H groups in total. The number of hydrogen-bond acceptors (Lipinski definition) is 13. The van der Waals surface area contributed by atoms with E-state index in [4.69, 9.17) is 28.0 Å². The average Bonchev–Trinajstić information content (AvgIpc) is 3.78. The number of rotatable bonds is 10. The third-order valence-electron chi connectivity index (χ3n) is 16.4. The molecule has 17 heteroatoms. The molecule has 3 amide bonds. The molecule has 2 aromatic heterocycles. The van der Waals surface area contributed by atoms with Gasteiger partial charge in [-0.25, -0.2) is 9.97 Å². The van der Waals surface area contributed by atoms with Crippen molar-refractivity contribution in [1.29, 1.82) is 0 Å². The Morgan fingerprint density at radius 2 is 1.68 bits per heavy atom. The molecule has 10 rings (SSSR count). The van der Waals surface area contributed by atoms with E-state index in [1.165, 1.54) is 23.3 Å². The molecular formula is C54H66ClN11O5. The summed E-state index contributed by atoms with van der Waals surface area (Å²) in [6, 6.07) is 13.6. The lowest BCUT2D eigenvalue weighted by atomic mass is 9.56. The second kappa shape index (κ2) is 19.9. The van der Waals surface area contributed by atoms with E-state index in [-0.39, 0.29) is 65.4 Å². The molecule has 16 nitrogen and oxygen atoms in total. The van der Waals surface area contributed by atoms with Gasteiger partial charge >= 0.3 is 0 Å². The van der Waals surface area contributed by atoms with Crippen LogP contribution in [-0.2, 0) is 20.9 Å². The Balaban J connectivity index is 0.668. The van der Waals surface area contributed by atoms with Crippen molar-refractivity contribution < 1.29 is 24.6 Å². The van der Waals surface area contributed by atoms with Gasteiger partial charge in [0.15, 0.2) is 5.82 Å². The minimum Gasteiger partial charge on any atom is -0.506 e. The number of likely N-dealkylation sites (tertiary alicyclic amines) is 2. The number of anilines is 3. The van der Waals surface area contributed by atoms with Gasteiger partial charge in [-0.1, -0.05) is 56.5 Å². The molecular weight excluding hydrogens is 918 g/mol. The smallest absolute Gasteiger partial charge is 0.246 e. The van der Waals surface area contributed by atoms with E-state index in [0.29, 0.717) is 23.2 Å². The number of β-amino-alcohol motifs (C(OH)–C–C–N with tert-alkyl or cyclic N) is 1. The van der Waals surface area contributed by atoms with E-state index >= 15 is 0 Å². The lowest BCUT2D eigenvalue weighted by Crippen LogP contribution is -2.59. The number of fused-ring (bicyclic) bond motifs is 3. The monoisotopic (exact) mass is 983 g/mol. The van der Waals surface area contributed by atoms with Gasteiger partial charge in [0.2, 0.25) is 23.7 Å². The zero-order chi connectivity index (χ0) is 49.6. The van der Waals surface area contributed by atoms with Crippen molar-refractivity contribution in [3.63, 3.8) is 0 Å². The fourth-order valence-corrected chi connectivity index (χ4v) is 12.3. The molecule has 4 aliphatic heterocycles. The number of piperidine rings is 1. The maximum Gasteiger partial charge on any atom is 0.246 e. The van der Waals surface area contributed by atoms with Crippen LogP contribution < -0.4 is 25.8 Å². The van der Waals surface area contributed by atoms with Crippen molar-refractivity contribution in [2.75, 3.05) is 60.9 Å². The van der Waals surface area contributed by atoms with E-state index in [0.717, 1.165) is 106 Å². The van der Waals surface area contributed by atoms with Crippen LogP contribution in [0.25, 0.3) is 11.3 Å². The largest absolute Gasteiger partial charge is 0.506 e. The highest BCUT2D eigenvalue weighted by molar-refractivity contribution is 6.32. The van der Waals surface area contributed by atoms with Gasteiger partial charge < -0.3 is 45.8 Å². The standard InChI is InChI=1S/C54H66ClN11O5/c1-5-33-9-11-34(12-10-33)27-57-50(70)45-23-40(67)32-66(45)51(71)47(53(2,3)4)60-49(69)36-13-17-54(18-14-36)25-38(26-54)63-19-15-35(16-20-63)37-28-58-52(59-29-37)64-21-22-65-39(31-64)30-56-48-44(65)24-43(61-62-48)41-7-6-8-42(55)46(41)68/h1,6-12,24,28-29,35-36,38-40,45,47,67-68H,13-23,25-27,30-32H2,2-4H3,(H,56,62)(H,57,70)(H,60,69)/t36-,38-,39-,40+,45-,47+,54?/m0/s1. The first-order valence-corrected chi connectivity index (χ1v) is 25.8. The average molecular weight is 985 g/mol. The fourth-order valence-electron chi connectivity index (χ4n) is 12.1. The van der Waals surface area contributed by atoms with E-state index in [9.17, 15) is 24.6 Å². The van der Waals surface area contributed by atoms with Crippen molar-refractivity contribution in [2.24, 2.45) is 16.7 Å². The van der Waals surface area contributed by atoms with Gasteiger partial charge in [0.05, 0.1) is 28.5 Å². The van der Waals surface area contributed by atoms with Gasteiger partial charge in [0, 0.05) is 81.2 Å². The summed E-state index contributed by atoms with van der Waals surface area (Å²) in [5.74, 6) is 3.56. The lowest BCUT2D eigenvalue weighted by Gasteiger charge is -2.55. The highest BCUT2D eigenvalue weighted by atomic mass is 35.5. The molecule has 2 aromatic carbocycles. The second-order valence-corrected chi connectivity index (χ2v) is 22.4. The van der Waals surface area contributed by atoms with E-state index in [2.05, 4.69) is 46.8 Å². The summed E-state index contributed by atoms with van der Waals surface area (Å²) in [4.78, 5) is 60.1. The van der Waals surface area contributed by atoms with Gasteiger partial charge in [-0.15, -0.1) is 16.6 Å². The highest BCUT2D eigenvalue weighted by Gasteiger charge is 2.50. The van der Waals surface area contributed by atoms with Crippen molar-refractivity contribution in [1.82, 2.24) is 40.6 Å². The summed E-state index contributed by atoms with van der Waals surface area (Å²) in [6.45, 7) is 11.2. The number of aliphatic hydroxyl groups excluding tert-OH is 1. The van der Waals surface area contributed by atoms with Crippen LogP contribution in [0.2, 0.25) is 5.02 Å². The van der Waals surface area contributed by atoms with Crippen LogP contribution in [0, 0.1) is 29.1 Å². The third kappa shape index (κ3) is 10.1. The van der Waals surface area contributed by atoms with Gasteiger partial charge in [-0.05, 0) is 123 Å². The number of hydrogen-bond donors (Lipinski definition) is 5. The van der Waals surface area contributed by atoms with Crippen LogP contribution in [0.3, 0.4) is 0 Å². The minimum atomic E-state index is -0.843. The molecule has 4 aromatic rings. The number of amides is 3. The van der Waals surface area contributed by atoms with Crippen LogP contribution in [0.5, 0.6) is 5.75 Å². The molecule has 0 bridgehead atoms. The second-order valence-electron chi connectivity index (χ2n) is 22.0. The van der Waals surface area contributed by atoms with Gasteiger partial charge in [-0.3, -0.25) is 14.4 Å². The molecule has 0 radical (unpaired) electrons. The SMILES string of the molecule is C#Cc1ccc(CNC(=O)[C@@H]2C[C@@H](O)CN2C(=O)[C@@H](NC(=O)[C@H]2CCC3(CC2)C[C@H](N2CCC(c4cnc(N5CCN6c7cc(-c8cccc(Cl)c8O)nnc7NC[C@H]6C5)nc4)CC2)C3)C(C)(C)C)cc1. The zero-order valence-corrected chi connectivity index (χ0v) is 41.7. The number of nitrogens with zero attached hydrogens (tertiary/aromatic N) is 8. The Kier molecular flexibility index (Phi) is 13.6. The summed E-state index contributed by atoms with van der Waals surface area (Å²) >= 11 is 6.20. The number of piperazine rings is 1. The molecule has 71 heavy (non-hydrogen) atoms. The number of nitrogens with one attached hydrogen (secondary N) is 3.